The van der Waals surface area contributed by atoms with Crippen molar-refractivity contribution >= 4 is 40.3 Å². The molecule has 0 atom stereocenters. The zero-order valence-corrected chi connectivity index (χ0v) is 22.9. The highest BCUT2D eigenvalue weighted by molar-refractivity contribution is 5.87. The summed E-state index contributed by atoms with van der Waals surface area (Å²) in [7, 11) is 0. The molecule has 1 aromatic carbocycles. The normalized spacial score (nSPS) is 17.1. The van der Waals surface area contributed by atoms with Gasteiger partial charge < -0.3 is 15.5 Å². The largest absolute Gasteiger partial charge is 0.367 e. The van der Waals surface area contributed by atoms with Gasteiger partial charge in [-0.25, -0.2) is 9.37 Å². The van der Waals surface area contributed by atoms with Gasteiger partial charge in [0, 0.05) is 68.5 Å². The number of aromatic nitrogens is 4. The SMILES string of the molecule is CC1=C(c2cc3cnc(Nc4ccc(N5CCNCC5)c(F)c4)nc3n(Cc3cnccc3C3CC3)c2=O)N=CC1. The number of pyridine rings is 2. The molecular formula is C31H31FN8O. The molecule has 3 aromatic heterocycles. The van der Waals surface area contributed by atoms with E-state index in [4.69, 9.17) is 4.98 Å². The number of halogens is 1. The van der Waals surface area contributed by atoms with Crippen molar-refractivity contribution in [2.45, 2.75) is 38.6 Å². The zero-order chi connectivity index (χ0) is 27.9. The molecule has 2 fully saturated rings. The van der Waals surface area contributed by atoms with Crippen molar-refractivity contribution in [3.8, 4) is 0 Å². The van der Waals surface area contributed by atoms with E-state index < -0.39 is 0 Å². The van der Waals surface area contributed by atoms with Gasteiger partial charge in [-0.1, -0.05) is 0 Å². The summed E-state index contributed by atoms with van der Waals surface area (Å²) in [6, 6.07) is 8.96. The van der Waals surface area contributed by atoms with Gasteiger partial charge in [-0.15, -0.1) is 0 Å². The third kappa shape index (κ3) is 4.99. The Morgan fingerprint density at radius 3 is 2.73 bits per heavy atom. The Hall–Kier alpha value is -4.44. The van der Waals surface area contributed by atoms with Gasteiger partial charge in [-0.3, -0.25) is 19.3 Å². The fourth-order valence-electron chi connectivity index (χ4n) is 5.72. The number of rotatable bonds is 7. The Morgan fingerprint density at radius 2 is 1.98 bits per heavy atom. The minimum absolute atomic E-state index is 0.160. The molecular weight excluding hydrogens is 519 g/mol. The molecule has 2 aliphatic heterocycles. The van der Waals surface area contributed by atoms with E-state index in [0.29, 0.717) is 40.7 Å². The van der Waals surface area contributed by atoms with Crippen molar-refractivity contribution in [2.24, 2.45) is 4.99 Å². The van der Waals surface area contributed by atoms with Crippen LogP contribution in [0.2, 0.25) is 0 Å². The molecule has 5 heterocycles. The number of anilines is 3. The lowest BCUT2D eigenvalue weighted by atomic mass is 10.1. The first-order valence-electron chi connectivity index (χ1n) is 14.1. The molecule has 0 bridgehead atoms. The molecule has 41 heavy (non-hydrogen) atoms. The van der Waals surface area contributed by atoms with E-state index in [1.165, 1.54) is 11.6 Å². The van der Waals surface area contributed by atoms with E-state index in [2.05, 4.69) is 31.7 Å². The fourth-order valence-corrected chi connectivity index (χ4v) is 5.72. The summed E-state index contributed by atoms with van der Waals surface area (Å²) < 4.78 is 16.8. The number of piperazine rings is 1. The highest BCUT2D eigenvalue weighted by Crippen LogP contribution is 2.41. The molecule has 9 nitrogen and oxygen atoms in total. The monoisotopic (exact) mass is 550 g/mol. The standard InChI is InChI=1S/C31H31FN8O/c1-19-6-9-35-28(19)25-14-21-17-36-31(37-23-4-5-27(26(32)15-23)39-12-10-33-11-13-39)38-29(21)40(30(25)41)18-22-16-34-8-7-24(22)20-2-3-20/h4-5,7-9,14-17,20,33H,2-3,6,10-13,18H2,1H3,(H,36,37,38). The van der Waals surface area contributed by atoms with Gasteiger partial charge in [0.2, 0.25) is 5.95 Å². The maximum atomic E-state index is 15.1. The molecule has 10 heteroatoms. The molecule has 0 spiro atoms. The van der Waals surface area contributed by atoms with Crippen molar-refractivity contribution < 1.29 is 4.39 Å². The highest BCUT2D eigenvalue weighted by atomic mass is 19.1. The molecule has 0 amide bonds. The number of hydrogen-bond acceptors (Lipinski definition) is 8. The topological polar surface area (TPSA) is 100 Å². The maximum Gasteiger partial charge on any atom is 0.261 e. The lowest BCUT2D eigenvalue weighted by Crippen LogP contribution is -2.43. The Kier molecular flexibility index (Phi) is 6.54. The Bertz CT molecular complexity index is 1770. The molecule has 1 saturated carbocycles. The van der Waals surface area contributed by atoms with Gasteiger partial charge in [-0.05, 0) is 72.7 Å². The Morgan fingerprint density at radius 1 is 1.12 bits per heavy atom. The zero-order valence-electron chi connectivity index (χ0n) is 22.9. The van der Waals surface area contributed by atoms with Crippen molar-refractivity contribution in [1.82, 2.24) is 24.8 Å². The van der Waals surface area contributed by atoms with Crippen LogP contribution in [-0.4, -0.2) is 51.9 Å². The summed E-state index contributed by atoms with van der Waals surface area (Å²) in [5, 5.41) is 7.16. The van der Waals surface area contributed by atoms with Crippen LogP contribution < -0.4 is 21.1 Å². The van der Waals surface area contributed by atoms with Crippen molar-refractivity contribution in [3.63, 3.8) is 0 Å². The van der Waals surface area contributed by atoms with Gasteiger partial charge in [-0.2, -0.15) is 4.98 Å². The molecule has 4 aromatic rings. The van der Waals surface area contributed by atoms with Gasteiger partial charge >= 0.3 is 0 Å². The van der Waals surface area contributed by atoms with E-state index in [9.17, 15) is 4.79 Å². The van der Waals surface area contributed by atoms with Crippen LogP contribution in [0.3, 0.4) is 0 Å². The molecule has 0 unspecified atom stereocenters. The average Bonchev–Trinajstić information content (AvgIpc) is 3.75. The van der Waals surface area contributed by atoms with E-state index in [1.807, 2.05) is 42.6 Å². The minimum atomic E-state index is -0.302. The molecule has 2 N–H and O–H groups in total. The average molecular weight is 551 g/mol. The van der Waals surface area contributed by atoms with Gasteiger partial charge in [0.1, 0.15) is 11.5 Å². The van der Waals surface area contributed by atoms with E-state index in [-0.39, 0.29) is 17.3 Å². The first kappa shape index (κ1) is 25.5. The Balaban J connectivity index is 1.28. The quantitative estimate of drug-likeness (QED) is 0.347. The predicted octanol–water partition coefficient (Wildman–Crippen LogP) is 4.61. The fraction of sp³-hybridized carbons (Fsp3) is 0.323. The molecule has 1 aliphatic carbocycles. The van der Waals surface area contributed by atoms with Crippen molar-refractivity contribution in [2.75, 3.05) is 36.4 Å². The third-order valence-electron chi connectivity index (χ3n) is 8.05. The summed E-state index contributed by atoms with van der Waals surface area (Å²) in [5.74, 6) is 0.494. The van der Waals surface area contributed by atoms with E-state index in [1.54, 1.807) is 16.8 Å². The van der Waals surface area contributed by atoms with Crippen LogP contribution in [0.1, 0.15) is 48.8 Å². The number of hydrogen-bond donors (Lipinski definition) is 2. The number of benzene rings is 1. The number of nitrogens with zero attached hydrogens (tertiary/aromatic N) is 6. The number of allylic oxidation sites excluding steroid dienone is 1. The maximum absolute atomic E-state index is 15.1. The second kappa shape index (κ2) is 10.5. The van der Waals surface area contributed by atoms with Crippen LogP contribution in [0.4, 0.5) is 21.7 Å². The van der Waals surface area contributed by atoms with Crippen LogP contribution in [0, 0.1) is 5.82 Å². The van der Waals surface area contributed by atoms with E-state index >= 15 is 4.39 Å². The smallest absolute Gasteiger partial charge is 0.261 e. The lowest BCUT2D eigenvalue weighted by molar-refractivity contribution is 0.566. The predicted molar refractivity (Wildman–Crippen MR) is 160 cm³/mol. The van der Waals surface area contributed by atoms with Gasteiger partial charge in [0.25, 0.3) is 5.56 Å². The first-order chi connectivity index (χ1) is 20.0. The van der Waals surface area contributed by atoms with Crippen LogP contribution >= 0.6 is 0 Å². The molecule has 1 saturated heterocycles. The lowest BCUT2D eigenvalue weighted by Gasteiger charge is -2.29. The second-order valence-electron chi connectivity index (χ2n) is 10.9. The number of aliphatic imine (C=N–C) groups is 1. The molecule has 7 rings (SSSR count). The summed E-state index contributed by atoms with van der Waals surface area (Å²) >= 11 is 0. The van der Waals surface area contributed by atoms with Gasteiger partial charge in [0.15, 0.2) is 0 Å². The summed E-state index contributed by atoms with van der Waals surface area (Å²) in [6.45, 7) is 5.52. The third-order valence-corrected chi connectivity index (χ3v) is 8.05. The first-order valence-corrected chi connectivity index (χ1v) is 14.1. The Labute approximate surface area is 236 Å². The van der Waals surface area contributed by atoms with Crippen molar-refractivity contribution in [3.05, 3.63) is 87.4 Å². The van der Waals surface area contributed by atoms with Crippen LogP contribution in [0.15, 0.2) is 64.3 Å². The number of fused-ring (bicyclic) bond motifs is 1. The van der Waals surface area contributed by atoms with Gasteiger partial charge in [0.05, 0.1) is 23.5 Å². The van der Waals surface area contributed by atoms with Crippen LogP contribution in [-0.2, 0) is 6.54 Å². The van der Waals surface area contributed by atoms with Crippen LogP contribution in [0.5, 0.6) is 0 Å². The van der Waals surface area contributed by atoms with E-state index in [0.717, 1.165) is 62.0 Å². The van der Waals surface area contributed by atoms with Crippen molar-refractivity contribution in [1.29, 1.82) is 0 Å². The number of nitrogens with one attached hydrogen (secondary N) is 2. The molecule has 3 aliphatic rings. The summed E-state index contributed by atoms with van der Waals surface area (Å²) in [5.41, 5.74) is 6.00. The molecule has 208 valence electrons. The minimum Gasteiger partial charge on any atom is -0.367 e. The van der Waals surface area contributed by atoms with Crippen LogP contribution in [0.25, 0.3) is 16.7 Å². The summed E-state index contributed by atoms with van der Waals surface area (Å²) in [6.07, 6.45) is 10.2. The molecule has 0 radical (unpaired) electrons. The summed E-state index contributed by atoms with van der Waals surface area (Å²) in [4.78, 5) is 34.2. The highest BCUT2D eigenvalue weighted by Gasteiger charge is 2.27. The second-order valence-corrected chi connectivity index (χ2v) is 10.9.